The average molecular weight is 400 g/mol. The first-order valence-electron chi connectivity index (χ1n) is 11.0. The van der Waals surface area contributed by atoms with E-state index in [2.05, 4.69) is 45.9 Å². The number of rotatable bonds is 6. The lowest BCUT2D eigenvalue weighted by molar-refractivity contribution is -0.140. The molecule has 0 N–H and O–H groups in total. The van der Waals surface area contributed by atoms with Gasteiger partial charge in [0.25, 0.3) is 0 Å². The van der Waals surface area contributed by atoms with Gasteiger partial charge in [-0.2, -0.15) is 0 Å². The van der Waals surface area contributed by atoms with Crippen LogP contribution < -0.4 is 0 Å². The molecule has 0 saturated carbocycles. The van der Waals surface area contributed by atoms with Crippen molar-refractivity contribution < 1.29 is 14.3 Å². The summed E-state index contributed by atoms with van der Waals surface area (Å²) in [5, 5.41) is 0. The molecular formula is C23H33N3O3. The molecule has 0 aliphatic carbocycles. The number of likely N-dealkylation sites (N-methyl/N-ethyl adjacent to an activating group) is 1. The number of carbonyl (C=O) groups is 1. The Hall–Kier alpha value is -2.05. The Morgan fingerprint density at radius 1 is 1.10 bits per heavy atom. The number of piperazine rings is 1. The molecule has 0 spiro atoms. The molecule has 2 fully saturated rings. The lowest BCUT2D eigenvalue weighted by Crippen LogP contribution is -2.57. The molecule has 2 saturated heterocycles. The first-order valence-corrected chi connectivity index (χ1v) is 11.0. The minimum Gasteiger partial charge on any atom is -0.462 e. The number of benzene rings is 1. The van der Waals surface area contributed by atoms with E-state index in [1.165, 1.54) is 12.0 Å². The molecule has 1 unspecified atom stereocenters. The van der Waals surface area contributed by atoms with Gasteiger partial charge in [0.15, 0.2) is 5.76 Å². The van der Waals surface area contributed by atoms with Crippen molar-refractivity contribution in [1.29, 1.82) is 0 Å². The van der Waals surface area contributed by atoms with Crippen LogP contribution in [0.2, 0.25) is 0 Å². The van der Waals surface area contributed by atoms with Crippen molar-refractivity contribution in [3.05, 3.63) is 47.9 Å². The molecule has 4 rings (SSSR count). The van der Waals surface area contributed by atoms with E-state index in [0.29, 0.717) is 12.7 Å². The van der Waals surface area contributed by atoms with Crippen molar-refractivity contribution in [2.45, 2.75) is 44.7 Å². The van der Waals surface area contributed by atoms with Crippen LogP contribution in [0.15, 0.2) is 42.4 Å². The van der Waals surface area contributed by atoms with Crippen LogP contribution in [0, 0.1) is 0 Å². The smallest absolute Gasteiger partial charge is 0.240 e. The highest BCUT2D eigenvalue weighted by molar-refractivity contribution is 5.82. The van der Waals surface area contributed by atoms with Crippen molar-refractivity contribution in [3.8, 4) is 0 Å². The molecular weight excluding hydrogens is 366 g/mol. The fourth-order valence-corrected chi connectivity index (χ4v) is 4.79. The Morgan fingerprint density at radius 2 is 1.90 bits per heavy atom. The van der Waals surface area contributed by atoms with E-state index >= 15 is 0 Å². The number of nitrogens with zero attached hydrogens (tertiary/aromatic N) is 3. The molecule has 1 amide bonds. The Balaban J connectivity index is 1.39. The third kappa shape index (κ3) is 4.75. The maximum atomic E-state index is 13.2. The van der Waals surface area contributed by atoms with Crippen LogP contribution in [0.5, 0.6) is 0 Å². The minimum absolute atomic E-state index is 0.0784. The second kappa shape index (κ2) is 9.63. The number of likely N-dealkylation sites (tertiary alicyclic amines) is 1. The Morgan fingerprint density at radius 3 is 2.59 bits per heavy atom. The number of piperidine rings is 1. The van der Waals surface area contributed by atoms with E-state index in [-0.39, 0.29) is 12.1 Å². The Labute approximate surface area is 174 Å². The molecule has 3 aliphatic heterocycles. The Kier molecular flexibility index (Phi) is 6.72. The summed E-state index contributed by atoms with van der Waals surface area (Å²) in [6.45, 7) is 7.77. The molecule has 29 heavy (non-hydrogen) atoms. The fourth-order valence-electron chi connectivity index (χ4n) is 4.79. The van der Waals surface area contributed by atoms with Gasteiger partial charge < -0.3 is 14.4 Å². The highest BCUT2D eigenvalue weighted by Crippen LogP contribution is 2.24. The van der Waals surface area contributed by atoms with Crippen LogP contribution in [-0.4, -0.2) is 78.8 Å². The molecule has 1 aromatic carbocycles. The van der Waals surface area contributed by atoms with Gasteiger partial charge in [-0.1, -0.05) is 43.7 Å². The Bertz CT molecular complexity index is 701. The average Bonchev–Trinajstić information content (AvgIpc) is 3.32. The lowest BCUT2D eigenvalue weighted by Gasteiger charge is -2.42. The maximum Gasteiger partial charge on any atom is 0.240 e. The molecule has 158 valence electrons. The molecule has 6 nitrogen and oxygen atoms in total. The SMILES string of the molecule is CCN1CCCC[C@H]1C(=O)N1CCN(C(Cc2ccccc2)C2=COCO2)CC1. The van der Waals surface area contributed by atoms with Crippen molar-refractivity contribution in [3.63, 3.8) is 0 Å². The van der Waals surface area contributed by atoms with Gasteiger partial charge in [0.05, 0.1) is 12.1 Å². The largest absolute Gasteiger partial charge is 0.462 e. The van der Waals surface area contributed by atoms with E-state index in [1.54, 1.807) is 6.26 Å². The van der Waals surface area contributed by atoms with Crippen LogP contribution in [-0.2, 0) is 20.7 Å². The van der Waals surface area contributed by atoms with E-state index in [9.17, 15) is 4.79 Å². The lowest BCUT2D eigenvalue weighted by atomic mass is 10.00. The minimum atomic E-state index is 0.0784. The predicted octanol–water partition coefficient (Wildman–Crippen LogP) is 2.46. The molecule has 0 aromatic heterocycles. The molecule has 0 radical (unpaired) electrons. The number of amides is 1. The zero-order valence-corrected chi connectivity index (χ0v) is 17.5. The highest BCUT2D eigenvalue weighted by atomic mass is 16.7. The first kappa shape index (κ1) is 20.2. The highest BCUT2D eigenvalue weighted by Gasteiger charge is 2.35. The van der Waals surface area contributed by atoms with Gasteiger partial charge in [-0.3, -0.25) is 14.6 Å². The summed E-state index contributed by atoms with van der Waals surface area (Å²) in [6.07, 6.45) is 6.02. The van der Waals surface area contributed by atoms with Crippen molar-refractivity contribution in [2.75, 3.05) is 46.1 Å². The topological polar surface area (TPSA) is 45.3 Å². The molecule has 1 aromatic rings. The van der Waals surface area contributed by atoms with E-state index < -0.39 is 0 Å². The van der Waals surface area contributed by atoms with Gasteiger partial charge in [0, 0.05) is 26.2 Å². The van der Waals surface area contributed by atoms with Crippen molar-refractivity contribution >= 4 is 5.91 Å². The van der Waals surface area contributed by atoms with Gasteiger partial charge in [-0.05, 0) is 37.9 Å². The molecule has 3 heterocycles. The molecule has 6 heteroatoms. The zero-order valence-electron chi connectivity index (χ0n) is 17.5. The predicted molar refractivity (Wildman–Crippen MR) is 112 cm³/mol. The van der Waals surface area contributed by atoms with Crippen LogP contribution in [0.4, 0.5) is 0 Å². The monoisotopic (exact) mass is 399 g/mol. The van der Waals surface area contributed by atoms with Gasteiger partial charge in [-0.25, -0.2) is 0 Å². The molecule has 0 bridgehead atoms. The summed E-state index contributed by atoms with van der Waals surface area (Å²) in [6, 6.07) is 10.7. The molecule has 3 aliphatic rings. The summed E-state index contributed by atoms with van der Waals surface area (Å²) in [5.41, 5.74) is 1.29. The van der Waals surface area contributed by atoms with Crippen molar-refractivity contribution in [1.82, 2.24) is 14.7 Å². The van der Waals surface area contributed by atoms with Crippen molar-refractivity contribution in [2.24, 2.45) is 0 Å². The summed E-state index contributed by atoms with van der Waals surface area (Å²) in [7, 11) is 0. The zero-order chi connectivity index (χ0) is 20.1. The van der Waals surface area contributed by atoms with E-state index in [1.807, 2.05) is 6.07 Å². The number of ether oxygens (including phenoxy) is 2. The summed E-state index contributed by atoms with van der Waals surface area (Å²) in [4.78, 5) is 20.0. The van der Waals surface area contributed by atoms with E-state index in [0.717, 1.165) is 64.3 Å². The summed E-state index contributed by atoms with van der Waals surface area (Å²) in [5.74, 6) is 1.23. The van der Waals surface area contributed by atoms with Crippen LogP contribution >= 0.6 is 0 Å². The summed E-state index contributed by atoms with van der Waals surface area (Å²) >= 11 is 0. The van der Waals surface area contributed by atoms with Gasteiger partial charge in [0.2, 0.25) is 12.7 Å². The van der Waals surface area contributed by atoms with Gasteiger partial charge in [-0.15, -0.1) is 0 Å². The summed E-state index contributed by atoms with van der Waals surface area (Å²) < 4.78 is 11.1. The second-order valence-corrected chi connectivity index (χ2v) is 8.16. The quantitative estimate of drug-likeness (QED) is 0.735. The van der Waals surface area contributed by atoms with Crippen LogP contribution in [0.3, 0.4) is 0 Å². The standard InChI is InChI=1S/C23H33N3O3/c1-2-24-11-7-6-10-20(24)23(27)26-14-12-25(13-15-26)21(22-17-28-18-29-22)16-19-8-4-3-5-9-19/h3-5,8-9,17,20-21H,2,6-7,10-16,18H2,1H3/t20-,21?/m0/s1. The second-order valence-electron chi connectivity index (χ2n) is 8.16. The normalized spacial score (nSPS) is 24.5. The number of hydrogen-bond acceptors (Lipinski definition) is 5. The number of hydrogen-bond donors (Lipinski definition) is 0. The third-order valence-electron chi connectivity index (χ3n) is 6.47. The third-order valence-corrected chi connectivity index (χ3v) is 6.47. The molecule has 2 atom stereocenters. The number of carbonyl (C=O) groups excluding carboxylic acids is 1. The van der Waals surface area contributed by atoms with Gasteiger partial charge in [0.1, 0.15) is 6.26 Å². The van der Waals surface area contributed by atoms with Crippen LogP contribution in [0.25, 0.3) is 0 Å². The van der Waals surface area contributed by atoms with E-state index in [4.69, 9.17) is 9.47 Å². The fraction of sp³-hybridized carbons (Fsp3) is 0.609. The first-order chi connectivity index (χ1) is 14.3. The van der Waals surface area contributed by atoms with Crippen LogP contribution in [0.1, 0.15) is 31.7 Å². The van der Waals surface area contributed by atoms with Gasteiger partial charge >= 0.3 is 0 Å². The maximum absolute atomic E-state index is 13.2.